The molecule has 0 fully saturated rings. The lowest BCUT2D eigenvalue weighted by Crippen LogP contribution is -2.21. The summed E-state index contributed by atoms with van der Waals surface area (Å²) in [7, 11) is 0. The highest BCUT2D eigenvalue weighted by molar-refractivity contribution is 6.02. The van der Waals surface area contributed by atoms with Gasteiger partial charge < -0.3 is 11.1 Å². The fourth-order valence-corrected chi connectivity index (χ4v) is 0.885. The van der Waals surface area contributed by atoms with Gasteiger partial charge in [0.25, 0.3) is 0 Å². The summed E-state index contributed by atoms with van der Waals surface area (Å²) in [6.07, 6.45) is -0.283. The Balaban J connectivity index is 0.00000169. The van der Waals surface area contributed by atoms with Crippen LogP contribution in [-0.2, 0) is 9.59 Å². The van der Waals surface area contributed by atoms with Gasteiger partial charge in [-0.05, 0) is 12.1 Å². The van der Waals surface area contributed by atoms with Crippen molar-refractivity contribution in [3.05, 3.63) is 30.3 Å². The van der Waals surface area contributed by atoms with E-state index in [1.807, 2.05) is 6.07 Å². The number of hydrogen-bond acceptors (Lipinski definition) is 2. The number of benzene rings is 1. The number of hydrogen-bond donors (Lipinski definition) is 2. The maximum absolute atomic E-state index is 11.0. The summed E-state index contributed by atoms with van der Waals surface area (Å²) in [5.74, 6) is -1.02. The number of nitrogens with two attached hydrogens (primary N) is 1. The summed E-state index contributed by atoms with van der Waals surface area (Å²) < 4.78 is 0. The summed E-state index contributed by atoms with van der Waals surface area (Å²) in [4.78, 5) is 21.4. The number of carbonyl (C=O) groups excluding carboxylic acids is 2. The summed E-state index contributed by atoms with van der Waals surface area (Å²) in [5.41, 5.74) is 5.51. The fraction of sp³-hybridized carbons (Fsp3) is 0.111. The molecule has 13 heavy (non-hydrogen) atoms. The molecule has 0 saturated carbocycles. The van der Waals surface area contributed by atoms with Crippen molar-refractivity contribution in [3.8, 4) is 0 Å². The number of nitrogens with one attached hydrogen (secondary N) is 1. The van der Waals surface area contributed by atoms with E-state index in [4.69, 9.17) is 5.73 Å². The van der Waals surface area contributed by atoms with E-state index in [0.29, 0.717) is 5.69 Å². The first-order valence-electron chi connectivity index (χ1n) is 3.81. The monoisotopic (exact) mass is 180 g/mol. The van der Waals surface area contributed by atoms with Gasteiger partial charge in [-0.15, -0.1) is 0 Å². The van der Waals surface area contributed by atoms with Crippen LogP contribution in [0.3, 0.4) is 0 Å². The topological polar surface area (TPSA) is 72.2 Å². The molecule has 1 aromatic rings. The molecule has 0 radical (unpaired) electrons. The molecule has 0 aliphatic heterocycles. The lowest BCUT2D eigenvalue weighted by atomic mass is 10.3. The van der Waals surface area contributed by atoms with E-state index in [1.54, 1.807) is 24.3 Å². The Morgan fingerprint density at radius 3 is 2.46 bits per heavy atom. The Hall–Kier alpha value is -1.84. The number of rotatable bonds is 3. The molecule has 4 nitrogen and oxygen atoms in total. The molecule has 0 atom stereocenters. The van der Waals surface area contributed by atoms with E-state index in [2.05, 4.69) is 5.32 Å². The fourth-order valence-electron chi connectivity index (χ4n) is 0.885. The van der Waals surface area contributed by atoms with E-state index in [1.165, 1.54) is 0 Å². The molecule has 70 valence electrons. The minimum absolute atomic E-state index is 0. The van der Waals surface area contributed by atoms with E-state index in [0.717, 1.165) is 0 Å². The number of para-hydroxylation sites is 1. The first-order valence-corrected chi connectivity index (χ1v) is 3.81. The van der Waals surface area contributed by atoms with Gasteiger partial charge in [0.05, 0.1) is 0 Å². The zero-order chi connectivity index (χ0) is 9.68. The molecule has 0 unspecified atom stereocenters. The smallest absolute Gasteiger partial charge is 0.233 e. The molecule has 0 heterocycles. The van der Waals surface area contributed by atoms with Crippen LogP contribution in [0.25, 0.3) is 0 Å². The molecule has 0 saturated heterocycles. The van der Waals surface area contributed by atoms with Crippen molar-refractivity contribution in [2.24, 2.45) is 5.73 Å². The van der Waals surface area contributed by atoms with Crippen molar-refractivity contribution in [2.45, 2.75) is 6.42 Å². The second kappa shape index (κ2) is 4.25. The maximum atomic E-state index is 11.0. The van der Waals surface area contributed by atoms with Crippen molar-refractivity contribution in [1.82, 2.24) is 0 Å². The Kier molecular flexibility index (Phi) is 3.03. The van der Waals surface area contributed by atoms with Crippen LogP contribution in [0.4, 0.5) is 5.69 Å². The number of anilines is 1. The lowest BCUT2D eigenvalue weighted by Gasteiger charge is -2.01. The van der Waals surface area contributed by atoms with Crippen molar-refractivity contribution < 1.29 is 11.0 Å². The Morgan fingerprint density at radius 2 is 1.92 bits per heavy atom. The highest BCUT2D eigenvalue weighted by Gasteiger charge is 2.04. The van der Waals surface area contributed by atoms with Gasteiger partial charge in [-0.2, -0.15) is 0 Å². The van der Waals surface area contributed by atoms with Crippen LogP contribution in [-0.4, -0.2) is 11.8 Å². The predicted octanol–water partition coefficient (Wildman–Crippen LogP) is 0.746. The van der Waals surface area contributed by atoms with E-state index < -0.39 is 11.8 Å². The van der Waals surface area contributed by atoms with Crippen molar-refractivity contribution in [3.63, 3.8) is 0 Å². The molecular weight excluding hydrogens is 168 g/mol. The van der Waals surface area contributed by atoms with Gasteiger partial charge in [0, 0.05) is 7.11 Å². The molecule has 1 aromatic carbocycles. The molecule has 0 aliphatic carbocycles. The third kappa shape index (κ3) is 3.37. The second-order valence-electron chi connectivity index (χ2n) is 2.56. The van der Waals surface area contributed by atoms with Crippen molar-refractivity contribution >= 4 is 17.5 Å². The van der Waals surface area contributed by atoms with Gasteiger partial charge in [-0.3, -0.25) is 9.59 Å². The molecule has 0 aliphatic rings. The maximum Gasteiger partial charge on any atom is 0.233 e. The minimum Gasteiger partial charge on any atom is -0.369 e. The summed E-state index contributed by atoms with van der Waals surface area (Å²) >= 11 is 0. The lowest BCUT2D eigenvalue weighted by molar-refractivity contribution is -0.124. The summed E-state index contributed by atoms with van der Waals surface area (Å²) in [6.45, 7) is 0. The van der Waals surface area contributed by atoms with Crippen molar-refractivity contribution in [2.75, 3.05) is 5.32 Å². The van der Waals surface area contributed by atoms with Gasteiger partial charge in [-0.1, -0.05) is 18.2 Å². The van der Waals surface area contributed by atoms with Gasteiger partial charge in [0.2, 0.25) is 11.8 Å². The van der Waals surface area contributed by atoms with Gasteiger partial charge >= 0.3 is 0 Å². The van der Waals surface area contributed by atoms with E-state index in [-0.39, 0.29) is 7.85 Å². The predicted molar refractivity (Wildman–Crippen MR) is 51.0 cm³/mol. The molecule has 3 N–H and O–H groups in total. The van der Waals surface area contributed by atoms with Crippen LogP contribution < -0.4 is 11.1 Å². The highest BCUT2D eigenvalue weighted by atomic mass is 16.2. The Labute approximate surface area is 77.2 Å². The highest BCUT2D eigenvalue weighted by Crippen LogP contribution is 2.04. The summed E-state index contributed by atoms with van der Waals surface area (Å²) in [5, 5.41) is 2.53. The van der Waals surface area contributed by atoms with Crippen LogP contribution in [0, 0.1) is 0 Å². The van der Waals surface area contributed by atoms with Crippen LogP contribution >= 0.6 is 0 Å². The van der Waals surface area contributed by atoms with Crippen molar-refractivity contribution in [1.29, 1.82) is 0 Å². The van der Waals surface area contributed by atoms with Gasteiger partial charge in [0.1, 0.15) is 6.42 Å². The normalized spacial score (nSPS) is 9.23. The van der Waals surface area contributed by atoms with Gasteiger partial charge in [-0.25, -0.2) is 0 Å². The first kappa shape index (κ1) is 9.25. The van der Waals surface area contributed by atoms with E-state index in [9.17, 15) is 9.59 Å². The molecule has 4 heteroatoms. The zero-order valence-corrected chi connectivity index (χ0v) is 6.99. The molecule has 0 aromatic heterocycles. The molecule has 1 rings (SSSR count). The molecule has 0 spiro atoms. The van der Waals surface area contributed by atoms with Crippen LogP contribution in [0.2, 0.25) is 0 Å². The van der Waals surface area contributed by atoms with Crippen LogP contribution in [0.1, 0.15) is 7.85 Å². The van der Waals surface area contributed by atoms with E-state index >= 15 is 0 Å². The van der Waals surface area contributed by atoms with Crippen LogP contribution in [0.5, 0.6) is 0 Å². The third-order valence-electron chi connectivity index (χ3n) is 1.39. The number of amides is 2. The Morgan fingerprint density at radius 1 is 1.31 bits per heavy atom. The Bertz CT molecular complexity index is 314. The average molecular weight is 180 g/mol. The minimum atomic E-state index is -0.631. The summed E-state index contributed by atoms with van der Waals surface area (Å²) in [6, 6.07) is 8.89. The zero-order valence-electron chi connectivity index (χ0n) is 6.99. The number of primary amides is 1. The SMILES string of the molecule is NC(=O)CC(=O)Nc1ccccc1.[HH]. The number of carbonyl (C=O) groups is 2. The first-order chi connectivity index (χ1) is 6.18. The molecule has 2 amide bonds. The molecule has 0 bridgehead atoms. The average Bonchev–Trinajstić information content (AvgIpc) is 2.04. The van der Waals surface area contributed by atoms with Crippen LogP contribution in [0.15, 0.2) is 30.3 Å². The standard InChI is InChI=1S/C9H10N2O2.H2/c10-8(12)6-9(13)11-7-4-2-1-3-5-7;/h1-5H,6H2,(H2,10,12)(H,11,13);1H. The molecular formula is C9H12N2O2. The van der Waals surface area contributed by atoms with Gasteiger partial charge in [0.15, 0.2) is 0 Å². The second-order valence-corrected chi connectivity index (χ2v) is 2.56. The largest absolute Gasteiger partial charge is 0.369 e. The third-order valence-corrected chi connectivity index (χ3v) is 1.39. The quantitative estimate of drug-likeness (QED) is 0.673.